The lowest BCUT2D eigenvalue weighted by atomic mass is 10.2. The third kappa shape index (κ3) is 3.68. The lowest BCUT2D eigenvalue weighted by molar-refractivity contribution is -0.130. The zero-order valence-electron chi connectivity index (χ0n) is 9.37. The van der Waals surface area contributed by atoms with E-state index in [2.05, 4.69) is 5.32 Å². The Morgan fingerprint density at radius 2 is 2.33 bits per heavy atom. The maximum absolute atomic E-state index is 11.9. The number of nitrogens with one attached hydrogen (secondary N) is 1. The molecule has 0 spiro atoms. The summed E-state index contributed by atoms with van der Waals surface area (Å²) in [5.41, 5.74) is 0. The highest BCUT2D eigenvalue weighted by Gasteiger charge is 2.26. The number of hydrogen-bond donors (Lipinski definition) is 1. The van der Waals surface area contributed by atoms with Gasteiger partial charge in [-0.2, -0.15) is 11.8 Å². The molecular weight excluding hydrogens is 208 g/mol. The van der Waals surface area contributed by atoms with E-state index in [1.807, 2.05) is 23.7 Å². The van der Waals surface area contributed by atoms with Crippen molar-refractivity contribution in [3.63, 3.8) is 0 Å². The Bertz CT molecular complexity index is 225. The largest absolute Gasteiger partial charge is 0.345 e. The highest BCUT2D eigenvalue weighted by molar-refractivity contribution is 7.99. The highest BCUT2D eigenvalue weighted by Crippen LogP contribution is 2.29. The Kier molecular flexibility index (Phi) is 3.92. The van der Waals surface area contributed by atoms with Crippen LogP contribution in [0, 0.1) is 5.92 Å². The molecule has 86 valence electrons. The molecular formula is C11H20N2OS. The third-order valence-corrected chi connectivity index (χ3v) is 4.21. The minimum atomic E-state index is 0.307. The van der Waals surface area contributed by atoms with Gasteiger partial charge in [0, 0.05) is 44.1 Å². The van der Waals surface area contributed by atoms with Crippen LogP contribution in [0.3, 0.4) is 0 Å². The number of nitrogens with zero attached hydrogens (tertiary/aromatic N) is 1. The number of rotatable bonds is 4. The Labute approximate surface area is 96.0 Å². The van der Waals surface area contributed by atoms with E-state index in [0.717, 1.165) is 24.8 Å². The van der Waals surface area contributed by atoms with Crippen LogP contribution in [-0.4, -0.2) is 48.5 Å². The molecule has 1 heterocycles. The molecule has 2 rings (SSSR count). The number of carbonyl (C=O) groups is 1. The molecule has 0 bridgehead atoms. The second kappa shape index (κ2) is 5.21. The van der Waals surface area contributed by atoms with Crippen molar-refractivity contribution < 1.29 is 4.79 Å². The molecule has 0 aromatic heterocycles. The lowest BCUT2D eigenvalue weighted by Gasteiger charge is -2.25. The van der Waals surface area contributed by atoms with Gasteiger partial charge < -0.3 is 10.2 Å². The van der Waals surface area contributed by atoms with Crippen LogP contribution in [0.4, 0.5) is 0 Å². The SMILES string of the molecule is CN(CC1CC1)C(=O)CC1CSCCN1. The van der Waals surface area contributed by atoms with Crippen molar-refractivity contribution in [3.8, 4) is 0 Å². The van der Waals surface area contributed by atoms with Crippen LogP contribution in [-0.2, 0) is 4.79 Å². The fraction of sp³-hybridized carbons (Fsp3) is 0.909. The van der Waals surface area contributed by atoms with Gasteiger partial charge in [0.2, 0.25) is 5.91 Å². The first-order valence-corrected chi connectivity index (χ1v) is 6.96. The van der Waals surface area contributed by atoms with E-state index in [1.54, 1.807) is 0 Å². The maximum atomic E-state index is 11.9. The van der Waals surface area contributed by atoms with E-state index in [9.17, 15) is 4.79 Å². The van der Waals surface area contributed by atoms with Gasteiger partial charge in [-0.05, 0) is 18.8 Å². The molecule has 0 aromatic carbocycles. The van der Waals surface area contributed by atoms with E-state index in [4.69, 9.17) is 0 Å². The second-order valence-electron chi connectivity index (χ2n) is 4.65. The van der Waals surface area contributed by atoms with Gasteiger partial charge >= 0.3 is 0 Å². The molecule has 1 saturated carbocycles. The number of hydrogen-bond acceptors (Lipinski definition) is 3. The van der Waals surface area contributed by atoms with Crippen molar-refractivity contribution in [3.05, 3.63) is 0 Å². The first kappa shape index (κ1) is 11.3. The van der Waals surface area contributed by atoms with Crippen LogP contribution >= 0.6 is 11.8 Å². The average molecular weight is 228 g/mol. The van der Waals surface area contributed by atoms with Crippen molar-refractivity contribution in [1.29, 1.82) is 0 Å². The topological polar surface area (TPSA) is 32.3 Å². The predicted octanol–water partition coefficient (Wildman–Crippen LogP) is 0.950. The van der Waals surface area contributed by atoms with Gasteiger partial charge in [0.05, 0.1) is 0 Å². The molecule has 1 amide bonds. The van der Waals surface area contributed by atoms with Crippen LogP contribution in [0.1, 0.15) is 19.3 Å². The summed E-state index contributed by atoms with van der Waals surface area (Å²) in [5, 5.41) is 3.41. The summed E-state index contributed by atoms with van der Waals surface area (Å²) in [6.45, 7) is 2.02. The summed E-state index contributed by atoms with van der Waals surface area (Å²) in [5.74, 6) is 3.38. The Hall–Kier alpha value is -0.220. The fourth-order valence-corrected chi connectivity index (χ4v) is 2.86. The molecule has 1 aliphatic heterocycles. The van der Waals surface area contributed by atoms with Gasteiger partial charge in [-0.15, -0.1) is 0 Å². The summed E-state index contributed by atoms with van der Waals surface area (Å²) in [4.78, 5) is 13.8. The van der Waals surface area contributed by atoms with Crippen molar-refractivity contribution in [1.82, 2.24) is 10.2 Å². The van der Waals surface area contributed by atoms with E-state index < -0.39 is 0 Å². The molecule has 0 radical (unpaired) electrons. The predicted molar refractivity (Wildman–Crippen MR) is 64.1 cm³/mol. The molecule has 3 nitrogen and oxygen atoms in total. The Balaban J connectivity index is 1.69. The van der Waals surface area contributed by atoms with E-state index in [1.165, 1.54) is 18.6 Å². The van der Waals surface area contributed by atoms with Crippen molar-refractivity contribution in [2.75, 3.05) is 31.6 Å². The van der Waals surface area contributed by atoms with Gasteiger partial charge in [0.1, 0.15) is 0 Å². The minimum absolute atomic E-state index is 0.307. The van der Waals surface area contributed by atoms with E-state index >= 15 is 0 Å². The molecule has 2 fully saturated rings. The van der Waals surface area contributed by atoms with Crippen LogP contribution in [0.15, 0.2) is 0 Å². The summed E-state index contributed by atoms with van der Waals surface area (Å²) in [6, 6.07) is 0.401. The van der Waals surface area contributed by atoms with Crippen molar-refractivity contribution >= 4 is 17.7 Å². The normalized spacial score (nSPS) is 26.3. The van der Waals surface area contributed by atoms with Gasteiger partial charge in [0.25, 0.3) is 0 Å². The third-order valence-electron chi connectivity index (χ3n) is 3.07. The van der Waals surface area contributed by atoms with Crippen LogP contribution in [0.5, 0.6) is 0 Å². The summed E-state index contributed by atoms with van der Waals surface area (Å²) < 4.78 is 0. The number of thioether (sulfide) groups is 1. The summed E-state index contributed by atoms with van der Waals surface area (Å²) in [6.07, 6.45) is 3.31. The maximum Gasteiger partial charge on any atom is 0.223 e. The van der Waals surface area contributed by atoms with Crippen LogP contribution < -0.4 is 5.32 Å². The van der Waals surface area contributed by atoms with E-state index in [-0.39, 0.29) is 0 Å². The van der Waals surface area contributed by atoms with Crippen molar-refractivity contribution in [2.45, 2.75) is 25.3 Å². The fourth-order valence-electron chi connectivity index (χ4n) is 1.91. The number of carbonyl (C=O) groups excluding carboxylic acids is 1. The Morgan fingerprint density at radius 3 is 2.93 bits per heavy atom. The molecule has 1 atom stereocenters. The minimum Gasteiger partial charge on any atom is -0.345 e. The monoisotopic (exact) mass is 228 g/mol. The Morgan fingerprint density at radius 1 is 1.53 bits per heavy atom. The van der Waals surface area contributed by atoms with Gasteiger partial charge in [-0.3, -0.25) is 4.79 Å². The van der Waals surface area contributed by atoms with Crippen LogP contribution in [0.25, 0.3) is 0 Å². The van der Waals surface area contributed by atoms with Crippen LogP contribution in [0.2, 0.25) is 0 Å². The quantitative estimate of drug-likeness (QED) is 0.777. The average Bonchev–Trinajstić information content (AvgIpc) is 3.03. The molecule has 1 N–H and O–H groups in total. The first-order valence-electron chi connectivity index (χ1n) is 5.81. The molecule has 1 aliphatic carbocycles. The summed E-state index contributed by atoms with van der Waals surface area (Å²) in [7, 11) is 1.94. The van der Waals surface area contributed by atoms with Gasteiger partial charge in [-0.25, -0.2) is 0 Å². The van der Waals surface area contributed by atoms with Gasteiger partial charge in [-0.1, -0.05) is 0 Å². The zero-order chi connectivity index (χ0) is 10.7. The molecule has 2 aliphatic rings. The molecule has 1 unspecified atom stereocenters. The molecule has 1 saturated heterocycles. The standard InChI is InChI=1S/C11H20N2OS/c1-13(7-9-2-3-9)11(14)6-10-8-15-5-4-12-10/h9-10,12H,2-8H2,1H3. The highest BCUT2D eigenvalue weighted by atomic mass is 32.2. The molecule has 0 aromatic rings. The number of amides is 1. The lowest BCUT2D eigenvalue weighted by Crippen LogP contribution is -2.42. The molecule has 15 heavy (non-hydrogen) atoms. The molecule has 4 heteroatoms. The van der Waals surface area contributed by atoms with E-state index in [0.29, 0.717) is 18.4 Å². The van der Waals surface area contributed by atoms with Gasteiger partial charge in [0.15, 0.2) is 0 Å². The summed E-state index contributed by atoms with van der Waals surface area (Å²) >= 11 is 1.95. The smallest absolute Gasteiger partial charge is 0.223 e. The van der Waals surface area contributed by atoms with Crippen molar-refractivity contribution in [2.24, 2.45) is 5.92 Å². The zero-order valence-corrected chi connectivity index (χ0v) is 10.2. The second-order valence-corrected chi connectivity index (χ2v) is 5.80. The first-order chi connectivity index (χ1) is 7.25.